The van der Waals surface area contributed by atoms with Crippen molar-refractivity contribution in [3.8, 4) is 0 Å². The lowest BCUT2D eigenvalue weighted by molar-refractivity contribution is 0.537. The Morgan fingerprint density at radius 3 is 2.38 bits per heavy atom. The molecule has 0 aliphatic heterocycles. The van der Waals surface area contributed by atoms with E-state index in [2.05, 4.69) is 50.0 Å². The first-order valence-electron chi connectivity index (χ1n) is 4.67. The predicted molar refractivity (Wildman–Crippen MR) is 57.7 cm³/mol. The Balaban J connectivity index is 2.58. The maximum Gasteiger partial charge on any atom is 0.0297 e. The third-order valence-corrected chi connectivity index (χ3v) is 2.17. The molecule has 0 aliphatic carbocycles. The second-order valence-electron chi connectivity index (χ2n) is 3.32. The fourth-order valence-electron chi connectivity index (χ4n) is 1.30. The molecule has 0 saturated heterocycles. The zero-order chi connectivity index (χ0) is 9.68. The van der Waals surface area contributed by atoms with Crippen LogP contribution >= 0.6 is 0 Å². The first-order chi connectivity index (χ1) is 6.24. The van der Waals surface area contributed by atoms with Crippen LogP contribution in [0.2, 0.25) is 0 Å². The van der Waals surface area contributed by atoms with Crippen molar-refractivity contribution in [2.75, 3.05) is 0 Å². The van der Waals surface area contributed by atoms with Gasteiger partial charge in [-0.3, -0.25) is 0 Å². The molecule has 2 atom stereocenters. The molecule has 0 aliphatic rings. The summed E-state index contributed by atoms with van der Waals surface area (Å²) >= 11 is 0. The van der Waals surface area contributed by atoms with Crippen molar-refractivity contribution in [1.82, 2.24) is 5.32 Å². The Kier molecular flexibility index (Phi) is 3.71. The fourth-order valence-corrected chi connectivity index (χ4v) is 1.30. The van der Waals surface area contributed by atoms with Gasteiger partial charge in [0.2, 0.25) is 0 Å². The normalized spacial score (nSPS) is 14.9. The van der Waals surface area contributed by atoms with Crippen LogP contribution in [0.15, 0.2) is 43.0 Å². The molecule has 0 fully saturated rings. The summed E-state index contributed by atoms with van der Waals surface area (Å²) in [4.78, 5) is 0. The predicted octanol–water partition coefficient (Wildman–Crippen LogP) is 2.91. The van der Waals surface area contributed by atoms with Crippen LogP contribution in [-0.2, 0) is 0 Å². The number of nitrogens with one attached hydrogen (secondary N) is 1. The highest BCUT2D eigenvalue weighted by atomic mass is 14.9. The largest absolute Gasteiger partial charge is 0.304 e. The summed E-state index contributed by atoms with van der Waals surface area (Å²) in [5, 5.41) is 3.43. The minimum atomic E-state index is 0.357. The molecule has 1 rings (SSSR count). The van der Waals surface area contributed by atoms with Gasteiger partial charge in [-0.25, -0.2) is 0 Å². The maximum absolute atomic E-state index is 3.74. The molecule has 0 radical (unpaired) electrons. The van der Waals surface area contributed by atoms with Gasteiger partial charge in [-0.05, 0) is 19.4 Å². The van der Waals surface area contributed by atoms with Gasteiger partial charge in [0.25, 0.3) is 0 Å². The van der Waals surface area contributed by atoms with Crippen LogP contribution in [0, 0.1) is 0 Å². The van der Waals surface area contributed by atoms with Gasteiger partial charge in [-0.15, -0.1) is 6.58 Å². The Labute approximate surface area is 80.5 Å². The standard InChI is InChI=1S/C12H17N/c1-4-10(2)13-11(3)12-8-6-5-7-9-12/h4-11,13H,1H2,2-3H3/t10?,11-/m1/s1. The summed E-state index contributed by atoms with van der Waals surface area (Å²) < 4.78 is 0. The van der Waals surface area contributed by atoms with Crippen molar-refractivity contribution in [3.63, 3.8) is 0 Å². The van der Waals surface area contributed by atoms with Crippen molar-refractivity contribution in [3.05, 3.63) is 48.6 Å². The molecule has 0 heterocycles. The van der Waals surface area contributed by atoms with Crippen molar-refractivity contribution in [1.29, 1.82) is 0 Å². The molecule has 0 aromatic heterocycles. The Hall–Kier alpha value is -1.08. The van der Waals surface area contributed by atoms with Gasteiger partial charge < -0.3 is 5.32 Å². The molecule has 13 heavy (non-hydrogen) atoms. The van der Waals surface area contributed by atoms with Gasteiger partial charge in [0, 0.05) is 12.1 Å². The van der Waals surface area contributed by atoms with E-state index in [0.29, 0.717) is 12.1 Å². The van der Waals surface area contributed by atoms with Crippen LogP contribution in [0.25, 0.3) is 0 Å². The second kappa shape index (κ2) is 4.83. The van der Waals surface area contributed by atoms with Crippen LogP contribution in [0.3, 0.4) is 0 Å². The first-order valence-corrected chi connectivity index (χ1v) is 4.67. The molecular formula is C12H17N. The highest BCUT2D eigenvalue weighted by Gasteiger charge is 2.05. The molecule has 1 aromatic carbocycles. The summed E-state index contributed by atoms with van der Waals surface area (Å²) in [6.45, 7) is 8.01. The Morgan fingerprint density at radius 1 is 1.23 bits per heavy atom. The van der Waals surface area contributed by atoms with Crippen LogP contribution in [-0.4, -0.2) is 6.04 Å². The lowest BCUT2D eigenvalue weighted by atomic mass is 10.1. The highest BCUT2D eigenvalue weighted by Crippen LogP contribution is 2.11. The number of hydrogen-bond donors (Lipinski definition) is 1. The zero-order valence-corrected chi connectivity index (χ0v) is 8.33. The van der Waals surface area contributed by atoms with E-state index in [1.54, 1.807) is 0 Å². The Morgan fingerprint density at radius 2 is 1.85 bits per heavy atom. The van der Waals surface area contributed by atoms with Crippen molar-refractivity contribution < 1.29 is 0 Å². The van der Waals surface area contributed by atoms with Crippen molar-refractivity contribution >= 4 is 0 Å². The van der Waals surface area contributed by atoms with Gasteiger partial charge >= 0.3 is 0 Å². The average Bonchev–Trinajstić information content (AvgIpc) is 2.19. The van der Waals surface area contributed by atoms with Gasteiger partial charge in [-0.1, -0.05) is 36.4 Å². The summed E-state index contributed by atoms with van der Waals surface area (Å²) in [7, 11) is 0. The second-order valence-corrected chi connectivity index (χ2v) is 3.32. The summed E-state index contributed by atoms with van der Waals surface area (Å²) in [6, 6.07) is 11.2. The van der Waals surface area contributed by atoms with Crippen LogP contribution < -0.4 is 5.32 Å². The summed E-state index contributed by atoms with van der Waals surface area (Å²) in [6.07, 6.45) is 1.92. The average molecular weight is 175 g/mol. The van der Waals surface area contributed by atoms with E-state index in [0.717, 1.165) is 0 Å². The molecule has 1 heteroatoms. The van der Waals surface area contributed by atoms with Gasteiger partial charge in [0.15, 0.2) is 0 Å². The number of benzene rings is 1. The minimum Gasteiger partial charge on any atom is -0.304 e. The molecule has 1 N–H and O–H groups in total. The van der Waals surface area contributed by atoms with E-state index in [4.69, 9.17) is 0 Å². The molecule has 0 spiro atoms. The molecule has 0 amide bonds. The first kappa shape index (κ1) is 10.0. The van der Waals surface area contributed by atoms with E-state index in [-0.39, 0.29) is 0 Å². The van der Waals surface area contributed by atoms with Crippen LogP contribution in [0.1, 0.15) is 25.5 Å². The van der Waals surface area contributed by atoms with Gasteiger partial charge in [-0.2, -0.15) is 0 Å². The monoisotopic (exact) mass is 175 g/mol. The quantitative estimate of drug-likeness (QED) is 0.694. The van der Waals surface area contributed by atoms with Crippen molar-refractivity contribution in [2.45, 2.75) is 25.9 Å². The molecule has 1 nitrogen and oxygen atoms in total. The lowest BCUT2D eigenvalue weighted by Gasteiger charge is -2.17. The molecule has 0 saturated carbocycles. The molecular weight excluding hydrogens is 158 g/mol. The number of rotatable bonds is 4. The third-order valence-electron chi connectivity index (χ3n) is 2.17. The molecule has 0 bridgehead atoms. The highest BCUT2D eigenvalue weighted by molar-refractivity contribution is 5.18. The van der Waals surface area contributed by atoms with E-state index in [9.17, 15) is 0 Å². The van der Waals surface area contributed by atoms with Gasteiger partial charge in [0.1, 0.15) is 0 Å². The smallest absolute Gasteiger partial charge is 0.0297 e. The molecule has 1 aromatic rings. The van der Waals surface area contributed by atoms with Crippen molar-refractivity contribution in [2.24, 2.45) is 0 Å². The van der Waals surface area contributed by atoms with E-state index in [1.807, 2.05) is 12.1 Å². The third kappa shape index (κ3) is 3.03. The fraction of sp³-hybridized carbons (Fsp3) is 0.333. The van der Waals surface area contributed by atoms with E-state index < -0.39 is 0 Å². The Bertz CT molecular complexity index is 253. The van der Waals surface area contributed by atoms with Crippen LogP contribution in [0.5, 0.6) is 0 Å². The molecule has 1 unspecified atom stereocenters. The maximum atomic E-state index is 3.74. The molecule has 70 valence electrons. The topological polar surface area (TPSA) is 12.0 Å². The zero-order valence-electron chi connectivity index (χ0n) is 8.33. The van der Waals surface area contributed by atoms with Crippen LogP contribution in [0.4, 0.5) is 0 Å². The minimum absolute atomic E-state index is 0.357. The number of hydrogen-bond acceptors (Lipinski definition) is 1. The summed E-state index contributed by atoms with van der Waals surface area (Å²) in [5.74, 6) is 0. The summed E-state index contributed by atoms with van der Waals surface area (Å²) in [5.41, 5.74) is 1.32. The SMILES string of the molecule is C=CC(C)N[C@H](C)c1ccccc1. The lowest BCUT2D eigenvalue weighted by Crippen LogP contribution is -2.26. The van der Waals surface area contributed by atoms with Gasteiger partial charge in [0.05, 0.1) is 0 Å². The van der Waals surface area contributed by atoms with E-state index >= 15 is 0 Å². The van der Waals surface area contributed by atoms with E-state index in [1.165, 1.54) is 5.56 Å².